The second kappa shape index (κ2) is 3.75. The van der Waals surface area contributed by atoms with Gasteiger partial charge in [0.15, 0.2) is 0 Å². The zero-order valence-corrected chi connectivity index (χ0v) is 5.15. The van der Waals surface area contributed by atoms with Gasteiger partial charge < -0.3 is 12.4 Å². The van der Waals surface area contributed by atoms with Crippen LogP contribution in [-0.4, -0.2) is 9.97 Å². The normalized spacial score (nSPS) is 7.00. The van der Waals surface area contributed by atoms with Crippen LogP contribution >= 0.6 is 0 Å². The number of hydrogen-bond acceptors (Lipinski definition) is 3. The van der Waals surface area contributed by atoms with Crippen molar-refractivity contribution in [2.75, 3.05) is 0 Å². The smallest absolute Gasteiger partial charge is 0.467 e. The molecular weight excluding hydrogens is 140 g/mol. The lowest BCUT2D eigenvalue weighted by Crippen LogP contribution is -3.00. The zero-order valence-electron chi connectivity index (χ0n) is 4.40. The van der Waals surface area contributed by atoms with Gasteiger partial charge in [0.2, 0.25) is 6.33 Å². The molecule has 0 bridgehead atoms. The molecule has 0 aliphatic rings. The van der Waals surface area contributed by atoms with E-state index in [-0.39, 0.29) is 18.2 Å². The Labute approximate surface area is 58.0 Å². The summed E-state index contributed by atoms with van der Waals surface area (Å²) in [7, 11) is 0. The molecule has 0 N–H and O–H groups in total. The number of rotatable bonds is 0. The maximum absolute atomic E-state index is 8.07. The van der Waals surface area contributed by atoms with Crippen molar-refractivity contribution >= 4 is 5.82 Å². The van der Waals surface area contributed by atoms with Crippen molar-refractivity contribution in [1.29, 1.82) is 5.39 Å². The van der Waals surface area contributed by atoms with Crippen LogP contribution in [0.15, 0.2) is 18.6 Å². The van der Waals surface area contributed by atoms with Gasteiger partial charge in [-0.3, -0.25) is 0 Å². The van der Waals surface area contributed by atoms with Crippen LogP contribution in [0.1, 0.15) is 0 Å². The highest BCUT2D eigenvalue weighted by Gasteiger charge is 1.98. The first-order chi connectivity index (χ1) is 3.93. The molecule has 0 saturated carbocycles. The largest absolute Gasteiger partial charge is 1.00 e. The molecule has 4 nitrogen and oxygen atoms in total. The number of hydrogen-bond donors (Lipinski definition) is 0. The van der Waals surface area contributed by atoms with Gasteiger partial charge in [-0.1, -0.05) is 0 Å². The van der Waals surface area contributed by atoms with Crippen molar-refractivity contribution in [3.05, 3.63) is 23.6 Å². The highest BCUT2D eigenvalue weighted by molar-refractivity contribution is 5.30. The fourth-order valence-corrected chi connectivity index (χ4v) is 0.343. The molecule has 0 radical (unpaired) electrons. The molecule has 46 valence electrons. The minimum atomic E-state index is 0. The molecule has 0 saturated heterocycles. The van der Waals surface area contributed by atoms with E-state index >= 15 is 0 Å². The van der Waals surface area contributed by atoms with Gasteiger partial charge in [0.1, 0.15) is 0 Å². The Balaban J connectivity index is 0.000000640. The van der Waals surface area contributed by atoms with Gasteiger partial charge in [0.25, 0.3) is 0 Å². The van der Waals surface area contributed by atoms with Gasteiger partial charge in [-0.05, 0) is 4.98 Å². The summed E-state index contributed by atoms with van der Waals surface area (Å²) >= 11 is 0. The summed E-state index contributed by atoms with van der Waals surface area (Å²) in [5, 5.41) is 8.07. The summed E-state index contributed by atoms with van der Waals surface area (Å²) < 4.78 is 0. The Bertz CT molecular complexity index is 204. The van der Waals surface area contributed by atoms with Crippen molar-refractivity contribution < 1.29 is 12.4 Å². The molecule has 0 spiro atoms. The highest BCUT2D eigenvalue weighted by Crippen LogP contribution is 2.00. The van der Waals surface area contributed by atoms with Crippen molar-refractivity contribution in [3.8, 4) is 0 Å². The minimum absolute atomic E-state index is 0. The minimum Gasteiger partial charge on any atom is -1.00 e. The summed E-state index contributed by atoms with van der Waals surface area (Å²) in [6, 6.07) is 1.50. The summed E-state index contributed by atoms with van der Waals surface area (Å²) in [5.41, 5.74) is 0. The molecule has 0 fully saturated rings. The van der Waals surface area contributed by atoms with E-state index in [1.54, 1.807) is 0 Å². The molecular formula is C4H3ClN4. The molecule has 0 aliphatic heterocycles. The molecule has 1 rings (SSSR count). The van der Waals surface area contributed by atoms with E-state index in [1.165, 1.54) is 18.6 Å². The molecule has 0 aromatic carbocycles. The van der Waals surface area contributed by atoms with Crippen molar-refractivity contribution in [2.24, 2.45) is 0 Å². The van der Waals surface area contributed by atoms with Crippen LogP contribution in [0.2, 0.25) is 0 Å². The van der Waals surface area contributed by atoms with E-state index in [4.69, 9.17) is 5.39 Å². The van der Waals surface area contributed by atoms with E-state index in [9.17, 15) is 0 Å². The third kappa shape index (κ3) is 2.02. The summed E-state index contributed by atoms with van der Waals surface area (Å²) in [4.78, 5) is 10.0. The van der Waals surface area contributed by atoms with Gasteiger partial charge >= 0.3 is 5.82 Å². The Kier molecular flexibility index (Phi) is 3.25. The van der Waals surface area contributed by atoms with Gasteiger partial charge in [0.05, 0.1) is 11.5 Å². The fraction of sp³-hybridized carbons (Fsp3) is 0. The summed E-state index contributed by atoms with van der Waals surface area (Å²) in [6.45, 7) is 0. The molecule has 0 aliphatic carbocycles. The second-order valence-corrected chi connectivity index (χ2v) is 1.17. The standard InChI is InChI=1S/C4H3N4.ClH/c5-8-4-1-2-6-3-7-4;/h1-3H;1H/q+1;/p-1. The first kappa shape index (κ1) is 7.79. The maximum atomic E-state index is 8.07. The molecule has 5 heteroatoms. The lowest BCUT2D eigenvalue weighted by Gasteiger charge is -1.66. The summed E-state index contributed by atoms with van der Waals surface area (Å²) in [5.74, 6) is 0.278. The third-order valence-electron chi connectivity index (χ3n) is 0.669. The Morgan fingerprint density at radius 1 is 1.56 bits per heavy atom. The van der Waals surface area contributed by atoms with E-state index in [2.05, 4.69) is 14.9 Å². The SMILES string of the molecule is N#[N+]c1ccncn1.[Cl-]. The Morgan fingerprint density at radius 3 is 2.67 bits per heavy atom. The second-order valence-electron chi connectivity index (χ2n) is 1.17. The number of nitrogens with zero attached hydrogens (tertiary/aromatic N) is 4. The van der Waals surface area contributed by atoms with Crippen molar-refractivity contribution in [2.45, 2.75) is 0 Å². The third-order valence-corrected chi connectivity index (χ3v) is 0.669. The first-order valence-corrected chi connectivity index (χ1v) is 2.04. The molecule has 0 atom stereocenters. The van der Waals surface area contributed by atoms with Crippen LogP contribution in [0.4, 0.5) is 5.82 Å². The first-order valence-electron chi connectivity index (χ1n) is 2.04. The van der Waals surface area contributed by atoms with Crippen LogP contribution < -0.4 is 12.4 Å². The average Bonchev–Trinajstić information content (AvgIpc) is 1.90. The van der Waals surface area contributed by atoms with Gasteiger partial charge in [-0.2, -0.15) is 0 Å². The molecule has 1 aromatic heterocycles. The van der Waals surface area contributed by atoms with E-state index in [0.717, 1.165) is 0 Å². The lowest BCUT2D eigenvalue weighted by molar-refractivity contribution is -0.00000203. The molecule has 0 amide bonds. The molecule has 1 heterocycles. The molecule has 1 aromatic rings. The van der Waals surface area contributed by atoms with Crippen LogP contribution in [0, 0.1) is 5.39 Å². The fourth-order valence-electron chi connectivity index (χ4n) is 0.343. The Hall–Kier alpha value is -1.21. The van der Waals surface area contributed by atoms with Crippen LogP contribution in [0.25, 0.3) is 4.98 Å². The predicted octanol–water partition coefficient (Wildman–Crippen LogP) is -2.03. The quantitative estimate of drug-likeness (QED) is 0.393. The zero-order chi connectivity index (χ0) is 5.82. The molecule has 9 heavy (non-hydrogen) atoms. The molecule has 0 unspecified atom stereocenters. The van der Waals surface area contributed by atoms with Crippen LogP contribution in [0.3, 0.4) is 0 Å². The number of diazo groups is 1. The van der Waals surface area contributed by atoms with Crippen molar-refractivity contribution in [3.63, 3.8) is 0 Å². The van der Waals surface area contributed by atoms with Crippen LogP contribution in [-0.2, 0) is 0 Å². The van der Waals surface area contributed by atoms with E-state index < -0.39 is 0 Å². The van der Waals surface area contributed by atoms with E-state index in [1.807, 2.05) is 0 Å². The maximum Gasteiger partial charge on any atom is 0.467 e. The average molecular weight is 143 g/mol. The lowest BCUT2D eigenvalue weighted by atomic mass is 10.6. The van der Waals surface area contributed by atoms with E-state index in [0.29, 0.717) is 0 Å². The summed E-state index contributed by atoms with van der Waals surface area (Å²) in [6.07, 6.45) is 2.82. The highest BCUT2D eigenvalue weighted by atomic mass is 35.5. The monoisotopic (exact) mass is 142 g/mol. The van der Waals surface area contributed by atoms with Gasteiger partial charge in [0, 0.05) is 11.2 Å². The Morgan fingerprint density at radius 2 is 2.33 bits per heavy atom. The van der Waals surface area contributed by atoms with Crippen LogP contribution in [0.5, 0.6) is 0 Å². The number of halogens is 1. The van der Waals surface area contributed by atoms with Gasteiger partial charge in [-0.25, -0.2) is 4.98 Å². The van der Waals surface area contributed by atoms with Crippen molar-refractivity contribution in [1.82, 2.24) is 9.97 Å². The predicted molar refractivity (Wildman–Crippen MR) is 26.8 cm³/mol. The number of aromatic nitrogens is 2. The topological polar surface area (TPSA) is 53.9 Å². The van der Waals surface area contributed by atoms with Gasteiger partial charge in [-0.15, -0.1) is 0 Å².